The summed E-state index contributed by atoms with van der Waals surface area (Å²) in [7, 11) is 0. The van der Waals surface area contributed by atoms with Crippen molar-refractivity contribution in [3.8, 4) is 0 Å². The van der Waals surface area contributed by atoms with E-state index in [9.17, 15) is 17.6 Å². The number of benzene rings is 1. The van der Waals surface area contributed by atoms with Crippen molar-refractivity contribution < 1.29 is 17.6 Å². The zero-order chi connectivity index (χ0) is 17.2. The molecule has 3 nitrogen and oxygen atoms in total. The first-order chi connectivity index (χ1) is 10.8. The molecule has 0 unspecified atom stereocenters. The summed E-state index contributed by atoms with van der Waals surface area (Å²) in [5.74, 6) is -0.629. The average molecular weight is 323 g/mol. The number of pyridine rings is 1. The third kappa shape index (κ3) is 3.39. The molecule has 0 aliphatic rings. The molecule has 1 aromatic carbocycles. The molecule has 0 bridgehead atoms. The van der Waals surface area contributed by atoms with Gasteiger partial charge < -0.3 is 10.7 Å². The number of hydrogen-bond acceptors (Lipinski definition) is 3. The van der Waals surface area contributed by atoms with Crippen LogP contribution < -0.4 is 5.32 Å². The van der Waals surface area contributed by atoms with Crippen LogP contribution >= 0.6 is 0 Å². The molecule has 0 atom stereocenters. The normalized spacial score (nSPS) is 12.7. The van der Waals surface area contributed by atoms with Gasteiger partial charge >= 0.3 is 6.18 Å². The lowest BCUT2D eigenvalue weighted by molar-refractivity contribution is -0.0906. The minimum atomic E-state index is -4.73. The maximum absolute atomic E-state index is 13.7. The van der Waals surface area contributed by atoms with E-state index in [-0.39, 0.29) is 27.7 Å². The molecule has 2 rings (SSSR count). The first-order valence-corrected chi connectivity index (χ1v) is 6.53. The molecule has 0 saturated carbocycles. The molecular formula is C16H13F4N3. The van der Waals surface area contributed by atoms with Crippen LogP contribution in [0.1, 0.15) is 6.92 Å². The summed E-state index contributed by atoms with van der Waals surface area (Å²) in [4.78, 5) is 3.84. The van der Waals surface area contributed by atoms with Crippen LogP contribution in [0.15, 0.2) is 53.9 Å². The van der Waals surface area contributed by atoms with Crippen LogP contribution in [-0.4, -0.2) is 17.4 Å². The molecule has 0 spiro atoms. The lowest BCUT2D eigenvalue weighted by Crippen LogP contribution is -2.22. The van der Waals surface area contributed by atoms with Gasteiger partial charge in [-0.15, -0.1) is 0 Å². The van der Waals surface area contributed by atoms with E-state index in [0.717, 1.165) is 6.07 Å². The number of halogens is 4. The number of rotatable bonds is 4. The molecule has 1 aromatic heterocycles. The Hall–Kier alpha value is -2.70. The van der Waals surface area contributed by atoms with E-state index in [2.05, 4.69) is 16.9 Å². The highest BCUT2D eigenvalue weighted by Gasteiger charge is 2.36. The van der Waals surface area contributed by atoms with Crippen molar-refractivity contribution in [3.63, 3.8) is 0 Å². The monoisotopic (exact) mass is 323 g/mol. The Labute approximate surface area is 129 Å². The first kappa shape index (κ1) is 16.7. The van der Waals surface area contributed by atoms with Crippen molar-refractivity contribution in [3.05, 3.63) is 59.7 Å². The van der Waals surface area contributed by atoms with E-state index >= 15 is 0 Å². The van der Waals surface area contributed by atoms with Gasteiger partial charge in [0.05, 0.1) is 0 Å². The van der Waals surface area contributed by atoms with Gasteiger partial charge in [0.2, 0.25) is 0 Å². The van der Waals surface area contributed by atoms with Crippen LogP contribution in [0.2, 0.25) is 0 Å². The molecule has 2 N–H and O–H groups in total. The SMILES string of the molecule is C=C(C)/C(C=N)=C(/Nc1ccc(F)c2ncccc12)C(F)(F)F. The van der Waals surface area contributed by atoms with Crippen molar-refractivity contribution in [1.82, 2.24) is 4.98 Å². The summed E-state index contributed by atoms with van der Waals surface area (Å²) in [5.41, 5.74) is -1.41. The second kappa shape index (κ2) is 6.20. The van der Waals surface area contributed by atoms with Gasteiger partial charge in [-0.1, -0.05) is 6.58 Å². The summed E-state index contributed by atoms with van der Waals surface area (Å²) < 4.78 is 53.7. The maximum Gasteiger partial charge on any atom is 0.431 e. The molecule has 2 aromatic rings. The fourth-order valence-electron chi connectivity index (χ4n) is 2.08. The number of alkyl halides is 3. The van der Waals surface area contributed by atoms with E-state index in [0.29, 0.717) is 6.21 Å². The summed E-state index contributed by atoms with van der Waals surface area (Å²) in [6.45, 7) is 4.83. The van der Waals surface area contributed by atoms with Gasteiger partial charge in [0.1, 0.15) is 17.0 Å². The topological polar surface area (TPSA) is 48.8 Å². The van der Waals surface area contributed by atoms with Gasteiger partial charge in [-0.2, -0.15) is 13.2 Å². The summed E-state index contributed by atoms with van der Waals surface area (Å²) in [5, 5.41) is 9.67. The summed E-state index contributed by atoms with van der Waals surface area (Å²) in [6, 6.07) is 5.20. The molecule has 0 fully saturated rings. The van der Waals surface area contributed by atoms with Gasteiger partial charge in [0, 0.05) is 29.1 Å². The predicted molar refractivity (Wildman–Crippen MR) is 82.0 cm³/mol. The largest absolute Gasteiger partial charge is 0.431 e. The van der Waals surface area contributed by atoms with Crippen molar-refractivity contribution in [1.29, 1.82) is 5.41 Å². The average Bonchev–Trinajstić information content (AvgIpc) is 2.48. The van der Waals surface area contributed by atoms with Crippen LogP contribution in [0.3, 0.4) is 0 Å². The molecule has 120 valence electrons. The third-order valence-electron chi connectivity index (χ3n) is 3.14. The van der Waals surface area contributed by atoms with E-state index in [1.165, 1.54) is 31.3 Å². The molecule has 7 heteroatoms. The number of fused-ring (bicyclic) bond motifs is 1. The number of hydrogen-bond donors (Lipinski definition) is 2. The molecule has 0 saturated heterocycles. The Kier molecular flexibility index (Phi) is 4.49. The molecule has 0 aliphatic carbocycles. The van der Waals surface area contributed by atoms with Crippen molar-refractivity contribution >= 4 is 22.8 Å². The van der Waals surface area contributed by atoms with Gasteiger partial charge in [0.25, 0.3) is 0 Å². The lowest BCUT2D eigenvalue weighted by Gasteiger charge is -2.19. The number of nitrogens with one attached hydrogen (secondary N) is 2. The minimum absolute atomic E-state index is 0.0363. The van der Waals surface area contributed by atoms with Gasteiger partial charge in [-0.25, -0.2) is 4.39 Å². The number of aromatic nitrogens is 1. The Morgan fingerprint density at radius 3 is 2.57 bits per heavy atom. The Balaban J connectivity index is 2.65. The van der Waals surface area contributed by atoms with Crippen LogP contribution in [0.25, 0.3) is 10.9 Å². The molecule has 0 aliphatic heterocycles. The Morgan fingerprint density at radius 1 is 1.30 bits per heavy atom. The van der Waals surface area contributed by atoms with Gasteiger partial charge in [-0.05, 0) is 36.8 Å². The highest BCUT2D eigenvalue weighted by molar-refractivity contribution is 5.93. The van der Waals surface area contributed by atoms with Crippen molar-refractivity contribution in [2.24, 2.45) is 0 Å². The fraction of sp³-hybridized carbons (Fsp3) is 0.125. The van der Waals surface area contributed by atoms with Gasteiger partial charge in [0.15, 0.2) is 0 Å². The Bertz CT molecular complexity index is 807. The fourth-order valence-corrected chi connectivity index (χ4v) is 2.08. The van der Waals surface area contributed by atoms with Crippen LogP contribution in [0.5, 0.6) is 0 Å². The zero-order valence-corrected chi connectivity index (χ0v) is 12.1. The van der Waals surface area contributed by atoms with Crippen molar-refractivity contribution in [2.45, 2.75) is 13.1 Å². The van der Waals surface area contributed by atoms with Crippen LogP contribution in [0.4, 0.5) is 23.2 Å². The van der Waals surface area contributed by atoms with E-state index in [4.69, 9.17) is 5.41 Å². The Morgan fingerprint density at radius 2 is 2.00 bits per heavy atom. The molecular weight excluding hydrogens is 310 g/mol. The minimum Gasteiger partial charge on any atom is -0.350 e. The second-order valence-electron chi connectivity index (χ2n) is 4.83. The highest BCUT2D eigenvalue weighted by atomic mass is 19.4. The molecule has 0 amide bonds. The molecule has 0 radical (unpaired) electrons. The summed E-state index contributed by atoms with van der Waals surface area (Å²) in [6.07, 6.45) is -2.79. The third-order valence-corrected chi connectivity index (χ3v) is 3.14. The molecule has 1 heterocycles. The van der Waals surface area contributed by atoms with Crippen LogP contribution in [0, 0.1) is 11.2 Å². The standard InChI is InChI=1S/C16H13F4N3/c1-9(2)11(8-21)15(16(18,19)20)23-13-6-5-12(17)14-10(13)4-3-7-22-14/h3-8,21,23H,1H2,2H3/b15-11+,21-8?. The van der Waals surface area contributed by atoms with E-state index in [1.54, 1.807) is 0 Å². The maximum atomic E-state index is 13.7. The molecule has 23 heavy (non-hydrogen) atoms. The zero-order valence-electron chi connectivity index (χ0n) is 12.1. The van der Waals surface area contributed by atoms with E-state index in [1.807, 2.05) is 0 Å². The van der Waals surface area contributed by atoms with Gasteiger partial charge in [-0.3, -0.25) is 4.98 Å². The summed E-state index contributed by atoms with van der Waals surface area (Å²) >= 11 is 0. The quantitative estimate of drug-likeness (QED) is 0.481. The highest BCUT2D eigenvalue weighted by Crippen LogP contribution is 2.33. The number of nitrogens with zero attached hydrogens (tertiary/aromatic N) is 1. The number of anilines is 1. The van der Waals surface area contributed by atoms with E-state index < -0.39 is 17.7 Å². The number of allylic oxidation sites excluding steroid dienone is 3. The predicted octanol–water partition coefficient (Wildman–Crippen LogP) is 4.83. The lowest BCUT2D eigenvalue weighted by atomic mass is 10.1. The van der Waals surface area contributed by atoms with Crippen LogP contribution in [-0.2, 0) is 0 Å². The van der Waals surface area contributed by atoms with Crippen molar-refractivity contribution in [2.75, 3.05) is 5.32 Å². The smallest absolute Gasteiger partial charge is 0.350 e. The second-order valence-corrected chi connectivity index (χ2v) is 4.83. The first-order valence-electron chi connectivity index (χ1n) is 6.53.